The van der Waals surface area contributed by atoms with Crippen molar-refractivity contribution in [2.75, 3.05) is 19.0 Å². The molecule has 2 rings (SSSR count). The first-order valence-electron chi connectivity index (χ1n) is 7.07. The Balaban J connectivity index is 2.12. The van der Waals surface area contributed by atoms with Gasteiger partial charge in [-0.3, -0.25) is 0 Å². The summed E-state index contributed by atoms with van der Waals surface area (Å²) >= 11 is 3.42. The van der Waals surface area contributed by atoms with Gasteiger partial charge in [0.05, 0.1) is 12.8 Å². The number of piperidine rings is 1. The minimum Gasteiger partial charge on any atom is -0.495 e. The Morgan fingerprint density at radius 3 is 3.00 bits per heavy atom. The monoisotopic (exact) mass is 340 g/mol. The van der Waals surface area contributed by atoms with Crippen molar-refractivity contribution in [2.45, 2.75) is 38.6 Å². The van der Waals surface area contributed by atoms with Gasteiger partial charge in [-0.15, -0.1) is 0 Å². The van der Waals surface area contributed by atoms with E-state index in [-0.39, 0.29) is 6.03 Å². The number of nitrogens with one attached hydrogen (secondary N) is 1. The van der Waals surface area contributed by atoms with Gasteiger partial charge in [0, 0.05) is 17.1 Å². The zero-order valence-corrected chi connectivity index (χ0v) is 13.6. The normalized spacial score (nSPS) is 18.8. The summed E-state index contributed by atoms with van der Waals surface area (Å²) in [6.45, 7) is 2.97. The standard InChI is InChI=1S/C15H21BrN2O2/c1-3-12-6-4-5-9-18(12)15(19)17-13-10-11(16)7-8-14(13)20-2/h7-8,10,12H,3-6,9H2,1-2H3,(H,17,19). The molecule has 0 spiro atoms. The fourth-order valence-corrected chi connectivity index (χ4v) is 3.02. The van der Waals surface area contributed by atoms with Gasteiger partial charge >= 0.3 is 6.03 Å². The highest BCUT2D eigenvalue weighted by molar-refractivity contribution is 9.10. The molecule has 5 heteroatoms. The predicted molar refractivity (Wildman–Crippen MR) is 84.3 cm³/mol. The molecule has 1 atom stereocenters. The summed E-state index contributed by atoms with van der Waals surface area (Å²) in [6, 6.07) is 5.91. The fraction of sp³-hybridized carbons (Fsp3) is 0.533. The van der Waals surface area contributed by atoms with Crippen molar-refractivity contribution in [3.63, 3.8) is 0 Å². The van der Waals surface area contributed by atoms with Crippen molar-refractivity contribution in [1.29, 1.82) is 0 Å². The molecule has 20 heavy (non-hydrogen) atoms. The van der Waals surface area contributed by atoms with E-state index in [1.165, 1.54) is 6.42 Å². The second-order valence-corrected chi connectivity index (χ2v) is 5.94. The van der Waals surface area contributed by atoms with Crippen LogP contribution in [-0.4, -0.2) is 30.6 Å². The number of carbonyl (C=O) groups is 1. The number of hydrogen-bond donors (Lipinski definition) is 1. The van der Waals surface area contributed by atoms with Crippen LogP contribution in [0.25, 0.3) is 0 Å². The van der Waals surface area contributed by atoms with Gasteiger partial charge in [0.25, 0.3) is 0 Å². The maximum atomic E-state index is 12.5. The number of hydrogen-bond acceptors (Lipinski definition) is 2. The Morgan fingerprint density at radius 1 is 1.50 bits per heavy atom. The first kappa shape index (κ1) is 15.2. The van der Waals surface area contributed by atoms with Gasteiger partial charge in [-0.2, -0.15) is 0 Å². The Labute approximate surface area is 128 Å². The Morgan fingerprint density at radius 2 is 2.30 bits per heavy atom. The van der Waals surface area contributed by atoms with E-state index in [0.29, 0.717) is 17.5 Å². The molecular formula is C15H21BrN2O2. The van der Waals surface area contributed by atoms with E-state index in [1.54, 1.807) is 7.11 Å². The number of urea groups is 1. The van der Waals surface area contributed by atoms with Gasteiger partial charge in [-0.25, -0.2) is 4.79 Å². The number of likely N-dealkylation sites (tertiary alicyclic amines) is 1. The van der Waals surface area contributed by atoms with Crippen LogP contribution < -0.4 is 10.1 Å². The van der Waals surface area contributed by atoms with E-state index in [4.69, 9.17) is 4.74 Å². The second-order valence-electron chi connectivity index (χ2n) is 5.03. The molecule has 1 aliphatic heterocycles. The summed E-state index contributed by atoms with van der Waals surface area (Å²) in [7, 11) is 1.61. The smallest absolute Gasteiger partial charge is 0.322 e. The molecule has 1 aromatic rings. The molecule has 0 radical (unpaired) electrons. The van der Waals surface area contributed by atoms with Crippen molar-refractivity contribution < 1.29 is 9.53 Å². The Bertz CT molecular complexity index is 479. The number of methoxy groups -OCH3 is 1. The number of carbonyl (C=O) groups excluding carboxylic acids is 1. The lowest BCUT2D eigenvalue weighted by Gasteiger charge is -2.35. The van der Waals surface area contributed by atoms with Crippen molar-refractivity contribution in [3.05, 3.63) is 22.7 Å². The molecule has 0 aliphatic carbocycles. The number of benzene rings is 1. The lowest BCUT2D eigenvalue weighted by atomic mass is 10.0. The summed E-state index contributed by atoms with van der Waals surface area (Å²) in [6.07, 6.45) is 4.39. The summed E-state index contributed by atoms with van der Waals surface area (Å²) in [4.78, 5) is 14.4. The van der Waals surface area contributed by atoms with Gasteiger partial charge in [-0.1, -0.05) is 22.9 Å². The molecule has 1 unspecified atom stereocenters. The highest BCUT2D eigenvalue weighted by atomic mass is 79.9. The molecule has 2 amide bonds. The van der Waals surface area contributed by atoms with Crippen LogP contribution in [0.2, 0.25) is 0 Å². The number of amides is 2. The SMILES string of the molecule is CCC1CCCCN1C(=O)Nc1cc(Br)ccc1OC. The quantitative estimate of drug-likeness (QED) is 0.893. The third-order valence-corrected chi connectivity index (χ3v) is 4.26. The second kappa shape index (κ2) is 6.97. The molecule has 110 valence electrons. The van der Waals surface area contributed by atoms with Gasteiger partial charge in [0.15, 0.2) is 0 Å². The highest BCUT2D eigenvalue weighted by Crippen LogP contribution is 2.29. The van der Waals surface area contributed by atoms with Crippen LogP contribution in [0.4, 0.5) is 10.5 Å². The largest absolute Gasteiger partial charge is 0.495 e. The molecule has 0 saturated carbocycles. The number of ether oxygens (including phenoxy) is 1. The number of anilines is 1. The summed E-state index contributed by atoms with van der Waals surface area (Å²) in [5, 5.41) is 2.97. The summed E-state index contributed by atoms with van der Waals surface area (Å²) in [5.74, 6) is 0.673. The molecular weight excluding hydrogens is 320 g/mol. The first-order chi connectivity index (χ1) is 9.65. The van der Waals surface area contributed by atoms with E-state index in [9.17, 15) is 4.79 Å². The lowest BCUT2D eigenvalue weighted by Crippen LogP contribution is -2.45. The number of nitrogens with zero attached hydrogens (tertiary/aromatic N) is 1. The van der Waals surface area contributed by atoms with Gasteiger partial charge in [-0.05, 0) is 43.9 Å². The van der Waals surface area contributed by atoms with Gasteiger partial charge in [0.2, 0.25) is 0 Å². The Hall–Kier alpha value is -1.23. The maximum absolute atomic E-state index is 12.5. The van der Waals surface area contributed by atoms with Crippen LogP contribution in [-0.2, 0) is 0 Å². The molecule has 1 N–H and O–H groups in total. The zero-order chi connectivity index (χ0) is 14.5. The average molecular weight is 341 g/mol. The van der Waals surface area contributed by atoms with Crippen LogP contribution in [0.5, 0.6) is 5.75 Å². The maximum Gasteiger partial charge on any atom is 0.322 e. The van der Waals surface area contributed by atoms with E-state index < -0.39 is 0 Å². The van der Waals surface area contributed by atoms with Crippen molar-refractivity contribution in [1.82, 2.24) is 4.90 Å². The van der Waals surface area contributed by atoms with Crippen LogP contribution in [0.15, 0.2) is 22.7 Å². The van der Waals surface area contributed by atoms with Gasteiger partial charge < -0.3 is 15.0 Å². The van der Waals surface area contributed by atoms with Crippen LogP contribution in [0.3, 0.4) is 0 Å². The van der Waals surface area contributed by atoms with Crippen LogP contribution >= 0.6 is 15.9 Å². The highest BCUT2D eigenvalue weighted by Gasteiger charge is 2.25. The van der Waals surface area contributed by atoms with E-state index in [0.717, 1.165) is 30.3 Å². The number of rotatable bonds is 3. The predicted octanol–water partition coefficient (Wildman–Crippen LogP) is 4.25. The number of halogens is 1. The van der Waals surface area contributed by atoms with Crippen LogP contribution in [0.1, 0.15) is 32.6 Å². The molecule has 1 fully saturated rings. The van der Waals surface area contributed by atoms with E-state index >= 15 is 0 Å². The average Bonchev–Trinajstić information content (AvgIpc) is 2.47. The zero-order valence-electron chi connectivity index (χ0n) is 12.0. The molecule has 1 aliphatic rings. The fourth-order valence-electron chi connectivity index (χ4n) is 2.66. The molecule has 4 nitrogen and oxygen atoms in total. The molecule has 0 aromatic heterocycles. The Kier molecular flexibility index (Phi) is 5.29. The van der Waals surface area contributed by atoms with Crippen LogP contribution in [0, 0.1) is 0 Å². The van der Waals surface area contributed by atoms with E-state index in [2.05, 4.69) is 28.2 Å². The third kappa shape index (κ3) is 3.45. The summed E-state index contributed by atoms with van der Waals surface area (Å²) in [5.41, 5.74) is 0.701. The molecule has 1 aromatic carbocycles. The lowest BCUT2D eigenvalue weighted by molar-refractivity contribution is 0.160. The van der Waals surface area contributed by atoms with Crippen molar-refractivity contribution >= 4 is 27.6 Å². The molecule has 1 heterocycles. The van der Waals surface area contributed by atoms with Gasteiger partial charge in [0.1, 0.15) is 5.75 Å². The minimum atomic E-state index is -0.0343. The van der Waals surface area contributed by atoms with Crippen molar-refractivity contribution in [3.8, 4) is 5.75 Å². The summed E-state index contributed by atoms with van der Waals surface area (Å²) < 4.78 is 6.20. The van der Waals surface area contributed by atoms with E-state index in [1.807, 2.05) is 23.1 Å². The third-order valence-electron chi connectivity index (χ3n) is 3.76. The molecule has 1 saturated heterocycles. The minimum absolute atomic E-state index is 0.0343. The first-order valence-corrected chi connectivity index (χ1v) is 7.86. The molecule has 0 bridgehead atoms. The topological polar surface area (TPSA) is 41.6 Å². The van der Waals surface area contributed by atoms with Crippen molar-refractivity contribution in [2.24, 2.45) is 0 Å².